The van der Waals surface area contributed by atoms with Crippen molar-refractivity contribution < 1.29 is 4.74 Å². The molecule has 4 nitrogen and oxygen atoms in total. The SMILES string of the molecule is COc1ccc(Br)c(NCc2cnn(C(C)C)c2)c1. The van der Waals surface area contributed by atoms with Crippen LogP contribution in [0.15, 0.2) is 35.1 Å². The molecule has 0 bridgehead atoms. The maximum absolute atomic E-state index is 5.22. The van der Waals surface area contributed by atoms with Crippen molar-refractivity contribution in [2.75, 3.05) is 12.4 Å². The second kappa shape index (κ2) is 6.10. The molecule has 1 aromatic carbocycles. The fourth-order valence-electron chi connectivity index (χ4n) is 1.72. The van der Waals surface area contributed by atoms with Crippen LogP contribution in [0.1, 0.15) is 25.5 Å². The van der Waals surface area contributed by atoms with E-state index in [1.807, 2.05) is 29.1 Å². The van der Waals surface area contributed by atoms with E-state index in [1.165, 1.54) is 0 Å². The van der Waals surface area contributed by atoms with Crippen LogP contribution in [-0.4, -0.2) is 16.9 Å². The van der Waals surface area contributed by atoms with E-state index in [0.29, 0.717) is 6.04 Å². The van der Waals surface area contributed by atoms with Crippen molar-refractivity contribution in [2.24, 2.45) is 0 Å². The molecule has 0 atom stereocenters. The first-order valence-electron chi connectivity index (χ1n) is 6.20. The van der Waals surface area contributed by atoms with Gasteiger partial charge in [0.25, 0.3) is 0 Å². The third kappa shape index (κ3) is 3.50. The molecule has 1 N–H and O–H groups in total. The Morgan fingerprint density at radius 1 is 1.42 bits per heavy atom. The number of ether oxygens (including phenoxy) is 1. The largest absolute Gasteiger partial charge is 0.497 e. The normalized spacial score (nSPS) is 10.8. The first-order chi connectivity index (χ1) is 9.10. The van der Waals surface area contributed by atoms with Gasteiger partial charge in [-0.05, 0) is 41.9 Å². The number of nitrogens with one attached hydrogen (secondary N) is 1. The standard InChI is InChI=1S/C14H18BrN3O/c1-10(2)18-9-11(8-17-18)7-16-14-6-12(19-3)4-5-13(14)15/h4-6,8-10,16H,7H2,1-3H3. The fraction of sp³-hybridized carbons (Fsp3) is 0.357. The van der Waals surface area contributed by atoms with Gasteiger partial charge in [0.2, 0.25) is 0 Å². The lowest BCUT2D eigenvalue weighted by Gasteiger charge is -2.09. The number of hydrogen-bond donors (Lipinski definition) is 1. The summed E-state index contributed by atoms with van der Waals surface area (Å²) < 4.78 is 8.19. The van der Waals surface area contributed by atoms with Gasteiger partial charge in [-0.2, -0.15) is 5.10 Å². The zero-order chi connectivity index (χ0) is 13.8. The van der Waals surface area contributed by atoms with Gasteiger partial charge in [0.05, 0.1) is 19.0 Å². The molecular formula is C14H18BrN3O. The van der Waals surface area contributed by atoms with Gasteiger partial charge in [0.15, 0.2) is 0 Å². The van der Waals surface area contributed by atoms with Crippen LogP contribution in [0.3, 0.4) is 0 Å². The van der Waals surface area contributed by atoms with Gasteiger partial charge < -0.3 is 10.1 Å². The van der Waals surface area contributed by atoms with Crippen molar-refractivity contribution in [2.45, 2.75) is 26.4 Å². The summed E-state index contributed by atoms with van der Waals surface area (Å²) in [5.74, 6) is 0.837. The summed E-state index contributed by atoms with van der Waals surface area (Å²) in [5.41, 5.74) is 2.17. The molecular weight excluding hydrogens is 306 g/mol. The van der Waals surface area contributed by atoms with Crippen molar-refractivity contribution in [1.82, 2.24) is 9.78 Å². The van der Waals surface area contributed by atoms with Crippen molar-refractivity contribution >= 4 is 21.6 Å². The quantitative estimate of drug-likeness (QED) is 0.908. The molecule has 2 rings (SSSR count). The monoisotopic (exact) mass is 323 g/mol. The number of nitrogens with zero attached hydrogens (tertiary/aromatic N) is 2. The molecule has 0 saturated carbocycles. The van der Waals surface area contributed by atoms with Crippen LogP contribution < -0.4 is 10.1 Å². The summed E-state index contributed by atoms with van der Waals surface area (Å²) in [7, 11) is 1.67. The van der Waals surface area contributed by atoms with Crippen LogP contribution in [0.5, 0.6) is 5.75 Å². The molecule has 0 spiro atoms. The molecule has 0 aliphatic carbocycles. The van der Waals surface area contributed by atoms with E-state index in [1.54, 1.807) is 7.11 Å². The summed E-state index contributed by atoms with van der Waals surface area (Å²) >= 11 is 3.52. The molecule has 5 heteroatoms. The molecule has 0 unspecified atom stereocenters. The lowest BCUT2D eigenvalue weighted by atomic mass is 10.3. The third-order valence-electron chi connectivity index (χ3n) is 2.84. The zero-order valence-electron chi connectivity index (χ0n) is 11.4. The van der Waals surface area contributed by atoms with Crippen molar-refractivity contribution in [1.29, 1.82) is 0 Å². The zero-order valence-corrected chi connectivity index (χ0v) is 12.9. The summed E-state index contributed by atoms with van der Waals surface area (Å²) in [5, 5.41) is 7.70. The summed E-state index contributed by atoms with van der Waals surface area (Å²) in [6, 6.07) is 6.25. The van der Waals surface area contributed by atoms with Crippen LogP contribution >= 0.6 is 15.9 Å². The van der Waals surface area contributed by atoms with Gasteiger partial charge in [-0.1, -0.05) is 0 Å². The number of aromatic nitrogens is 2. The fourth-order valence-corrected chi connectivity index (χ4v) is 2.10. The second-order valence-corrected chi connectivity index (χ2v) is 5.48. The van der Waals surface area contributed by atoms with Crippen LogP contribution in [0.25, 0.3) is 0 Å². The Kier molecular flexibility index (Phi) is 4.47. The summed E-state index contributed by atoms with van der Waals surface area (Å²) in [4.78, 5) is 0. The lowest BCUT2D eigenvalue weighted by Crippen LogP contribution is -2.01. The van der Waals surface area contributed by atoms with E-state index < -0.39 is 0 Å². The minimum Gasteiger partial charge on any atom is -0.497 e. The first kappa shape index (κ1) is 13.9. The minimum atomic E-state index is 0.386. The number of benzene rings is 1. The molecule has 0 radical (unpaired) electrons. The highest BCUT2D eigenvalue weighted by Crippen LogP contribution is 2.27. The van der Waals surface area contributed by atoms with E-state index in [9.17, 15) is 0 Å². The highest BCUT2D eigenvalue weighted by atomic mass is 79.9. The van der Waals surface area contributed by atoms with E-state index in [2.05, 4.69) is 46.4 Å². The first-order valence-corrected chi connectivity index (χ1v) is 7.00. The molecule has 102 valence electrons. The maximum atomic E-state index is 5.22. The van der Waals surface area contributed by atoms with Crippen molar-refractivity contribution in [3.05, 3.63) is 40.6 Å². The van der Waals surface area contributed by atoms with Crippen LogP contribution in [-0.2, 0) is 6.54 Å². The summed E-state index contributed by atoms with van der Waals surface area (Å²) in [6.45, 7) is 4.96. The number of anilines is 1. The Labute approximate surface area is 121 Å². The number of methoxy groups -OCH3 is 1. The predicted octanol–water partition coefficient (Wildman–Crippen LogP) is 3.85. The minimum absolute atomic E-state index is 0.386. The van der Waals surface area contributed by atoms with Gasteiger partial charge >= 0.3 is 0 Å². The smallest absolute Gasteiger partial charge is 0.121 e. The Morgan fingerprint density at radius 2 is 2.21 bits per heavy atom. The average molecular weight is 324 g/mol. The average Bonchev–Trinajstić information content (AvgIpc) is 2.87. The third-order valence-corrected chi connectivity index (χ3v) is 3.53. The maximum Gasteiger partial charge on any atom is 0.121 e. The number of hydrogen-bond acceptors (Lipinski definition) is 3. The molecule has 1 heterocycles. The van der Waals surface area contributed by atoms with Gasteiger partial charge in [0.1, 0.15) is 5.75 Å². The van der Waals surface area contributed by atoms with Gasteiger partial charge in [0, 0.05) is 34.9 Å². The Bertz CT molecular complexity index is 551. The molecule has 0 saturated heterocycles. The van der Waals surface area contributed by atoms with Gasteiger partial charge in [-0.25, -0.2) is 0 Å². The predicted molar refractivity (Wildman–Crippen MR) is 80.6 cm³/mol. The molecule has 19 heavy (non-hydrogen) atoms. The van der Waals surface area contributed by atoms with Crippen LogP contribution in [0, 0.1) is 0 Å². The van der Waals surface area contributed by atoms with Crippen LogP contribution in [0.2, 0.25) is 0 Å². The number of rotatable bonds is 5. The molecule has 0 aliphatic heterocycles. The summed E-state index contributed by atoms with van der Waals surface area (Å²) in [6.07, 6.45) is 3.95. The van der Waals surface area contributed by atoms with Crippen molar-refractivity contribution in [3.8, 4) is 5.75 Å². The molecule has 0 aliphatic rings. The van der Waals surface area contributed by atoms with Gasteiger partial charge in [-0.15, -0.1) is 0 Å². The molecule has 1 aromatic heterocycles. The number of halogens is 1. The molecule has 2 aromatic rings. The molecule has 0 amide bonds. The van der Waals surface area contributed by atoms with E-state index >= 15 is 0 Å². The second-order valence-electron chi connectivity index (χ2n) is 4.62. The Hall–Kier alpha value is -1.49. The topological polar surface area (TPSA) is 39.1 Å². The van der Waals surface area contributed by atoms with Crippen LogP contribution in [0.4, 0.5) is 5.69 Å². The van der Waals surface area contributed by atoms with E-state index in [0.717, 1.165) is 28.0 Å². The lowest BCUT2D eigenvalue weighted by molar-refractivity contribution is 0.415. The Morgan fingerprint density at radius 3 is 2.84 bits per heavy atom. The molecule has 0 fully saturated rings. The van der Waals surface area contributed by atoms with Gasteiger partial charge in [-0.3, -0.25) is 4.68 Å². The Balaban J connectivity index is 2.05. The highest BCUT2D eigenvalue weighted by molar-refractivity contribution is 9.10. The van der Waals surface area contributed by atoms with E-state index in [4.69, 9.17) is 4.74 Å². The van der Waals surface area contributed by atoms with Crippen molar-refractivity contribution in [3.63, 3.8) is 0 Å². The van der Waals surface area contributed by atoms with E-state index in [-0.39, 0.29) is 0 Å². The highest BCUT2D eigenvalue weighted by Gasteiger charge is 2.04.